The van der Waals surface area contributed by atoms with Crippen LogP contribution in [0.15, 0.2) is 24.3 Å². The second kappa shape index (κ2) is 11.5. The summed E-state index contributed by atoms with van der Waals surface area (Å²) < 4.78 is 10.0. The van der Waals surface area contributed by atoms with Crippen molar-refractivity contribution in [1.29, 1.82) is 0 Å². The molecule has 0 bridgehead atoms. The van der Waals surface area contributed by atoms with Crippen LogP contribution in [0.1, 0.15) is 52.7 Å². The third-order valence-corrected chi connectivity index (χ3v) is 3.19. The third kappa shape index (κ3) is 9.42. The first-order valence-electron chi connectivity index (χ1n) is 9.02. The summed E-state index contributed by atoms with van der Waals surface area (Å²) in [5.74, 6) is -0.773. The van der Waals surface area contributed by atoms with Gasteiger partial charge in [0.1, 0.15) is 5.60 Å². The molecule has 2 atom stereocenters. The lowest BCUT2D eigenvalue weighted by Crippen LogP contribution is -2.50. The van der Waals surface area contributed by atoms with E-state index in [0.717, 1.165) is 11.1 Å². The van der Waals surface area contributed by atoms with Crippen molar-refractivity contribution in [2.45, 2.75) is 72.6 Å². The second-order valence-electron chi connectivity index (χ2n) is 6.64. The summed E-state index contributed by atoms with van der Waals surface area (Å²) in [7, 11) is 0. The Kier molecular flexibility index (Phi) is 10.6. The monoisotopic (exact) mass is 367 g/mol. The van der Waals surface area contributed by atoms with Gasteiger partial charge in [0.15, 0.2) is 6.10 Å². The number of aryl methyl sites for hydroxylation is 1. The van der Waals surface area contributed by atoms with Crippen molar-refractivity contribution in [3.05, 3.63) is 35.4 Å². The summed E-state index contributed by atoms with van der Waals surface area (Å²) in [6.07, 6.45) is -1.89. The number of carbonyl (C=O) groups excluding carboxylic acids is 2. The second-order valence-corrected chi connectivity index (χ2v) is 6.64. The fraction of sp³-hybridized carbons (Fsp3) is 0.600. The molecule has 26 heavy (non-hydrogen) atoms. The highest BCUT2D eigenvalue weighted by atomic mass is 16.6. The minimum atomic E-state index is -1.47. The zero-order valence-electron chi connectivity index (χ0n) is 17.0. The van der Waals surface area contributed by atoms with Gasteiger partial charge in [-0.05, 0) is 46.6 Å². The Balaban J connectivity index is 0.00000301. The number of hydrogen-bond donors (Lipinski definition) is 2. The van der Waals surface area contributed by atoms with E-state index in [9.17, 15) is 14.7 Å². The van der Waals surface area contributed by atoms with E-state index in [4.69, 9.17) is 9.47 Å². The van der Waals surface area contributed by atoms with E-state index in [-0.39, 0.29) is 13.0 Å². The molecule has 0 fully saturated rings. The van der Waals surface area contributed by atoms with Crippen LogP contribution >= 0.6 is 0 Å². The number of amides is 1. The molecular formula is C20H33NO5. The predicted octanol–water partition coefficient (Wildman–Crippen LogP) is 3.38. The molecule has 148 valence electrons. The molecule has 1 aromatic rings. The van der Waals surface area contributed by atoms with Crippen molar-refractivity contribution in [2.75, 3.05) is 6.61 Å². The standard InChI is InChI=1S/C18H27NO5.C2H6/c1-6-23-16(21)15(20)14(19-17(22)24-18(3,4)5)11-13-9-7-12(2)8-10-13;1-2/h7-10,14-15,20H,6,11H2,1-5H3,(H,19,22);1-2H3/t14-,15+;/m1./s1. The molecule has 0 aliphatic heterocycles. The maximum Gasteiger partial charge on any atom is 0.407 e. The Morgan fingerprint density at radius 2 is 1.69 bits per heavy atom. The van der Waals surface area contributed by atoms with Gasteiger partial charge in [0.05, 0.1) is 12.6 Å². The molecule has 0 unspecified atom stereocenters. The van der Waals surface area contributed by atoms with E-state index in [1.165, 1.54) is 0 Å². The Bertz CT molecular complexity index is 548. The van der Waals surface area contributed by atoms with Crippen LogP contribution in [-0.2, 0) is 20.7 Å². The number of hydrogen-bond acceptors (Lipinski definition) is 5. The minimum Gasteiger partial charge on any atom is -0.464 e. The number of alkyl carbamates (subject to hydrolysis) is 1. The topological polar surface area (TPSA) is 84.9 Å². The van der Waals surface area contributed by atoms with Gasteiger partial charge in [0, 0.05) is 0 Å². The van der Waals surface area contributed by atoms with Crippen LogP contribution in [0.5, 0.6) is 0 Å². The SMILES string of the molecule is CC.CCOC(=O)[C@@H](O)[C@@H](Cc1ccc(C)cc1)NC(=O)OC(C)(C)C. The lowest BCUT2D eigenvalue weighted by Gasteiger charge is -2.26. The molecule has 0 saturated heterocycles. The molecule has 0 saturated carbocycles. The lowest BCUT2D eigenvalue weighted by molar-refractivity contribution is -0.154. The summed E-state index contributed by atoms with van der Waals surface area (Å²) in [6.45, 7) is 13.0. The summed E-state index contributed by atoms with van der Waals surface area (Å²) in [6, 6.07) is 6.78. The van der Waals surface area contributed by atoms with Crippen LogP contribution in [0.25, 0.3) is 0 Å². The average Bonchev–Trinajstić information content (AvgIpc) is 2.56. The van der Waals surface area contributed by atoms with Gasteiger partial charge in [-0.1, -0.05) is 43.7 Å². The number of carbonyl (C=O) groups is 2. The highest BCUT2D eigenvalue weighted by Crippen LogP contribution is 2.12. The Morgan fingerprint density at radius 1 is 1.15 bits per heavy atom. The van der Waals surface area contributed by atoms with Crippen LogP contribution in [0.4, 0.5) is 4.79 Å². The molecule has 0 radical (unpaired) electrons. The van der Waals surface area contributed by atoms with Gasteiger partial charge >= 0.3 is 12.1 Å². The Hall–Kier alpha value is -2.08. The number of aliphatic hydroxyl groups excluding tert-OH is 1. The van der Waals surface area contributed by atoms with Crippen LogP contribution in [0.2, 0.25) is 0 Å². The highest BCUT2D eigenvalue weighted by molar-refractivity contribution is 5.77. The van der Waals surface area contributed by atoms with E-state index in [1.807, 2.05) is 45.0 Å². The minimum absolute atomic E-state index is 0.152. The largest absolute Gasteiger partial charge is 0.464 e. The number of aliphatic hydroxyl groups is 1. The van der Waals surface area contributed by atoms with Gasteiger partial charge in [-0.3, -0.25) is 0 Å². The molecule has 6 heteroatoms. The fourth-order valence-corrected chi connectivity index (χ4v) is 2.07. The van der Waals surface area contributed by atoms with E-state index in [0.29, 0.717) is 0 Å². The quantitative estimate of drug-likeness (QED) is 0.753. The summed E-state index contributed by atoms with van der Waals surface area (Å²) in [4.78, 5) is 23.8. The van der Waals surface area contributed by atoms with E-state index in [2.05, 4.69) is 5.32 Å². The van der Waals surface area contributed by atoms with Gasteiger partial charge in [-0.25, -0.2) is 9.59 Å². The Morgan fingerprint density at radius 3 is 2.15 bits per heavy atom. The highest BCUT2D eigenvalue weighted by Gasteiger charge is 2.30. The molecule has 0 spiro atoms. The van der Waals surface area contributed by atoms with Crippen LogP contribution in [0.3, 0.4) is 0 Å². The van der Waals surface area contributed by atoms with Crippen molar-refractivity contribution in [3.63, 3.8) is 0 Å². The van der Waals surface area contributed by atoms with Gasteiger partial charge in [-0.2, -0.15) is 0 Å². The molecule has 1 rings (SSSR count). The summed E-state index contributed by atoms with van der Waals surface area (Å²) in [5.41, 5.74) is 1.30. The first-order chi connectivity index (χ1) is 12.1. The maximum atomic E-state index is 12.0. The van der Waals surface area contributed by atoms with Crippen LogP contribution < -0.4 is 5.32 Å². The average molecular weight is 367 g/mol. The molecule has 2 N–H and O–H groups in total. The zero-order chi connectivity index (χ0) is 20.3. The van der Waals surface area contributed by atoms with Crippen molar-refractivity contribution < 1.29 is 24.2 Å². The lowest BCUT2D eigenvalue weighted by atomic mass is 10.0. The molecule has 0 aliphatic rings. The van der Waals surface area contributed by atoms with E-state index < -0.39 is 29.8 Å². The molecular weight excluding hydrogens is 334 g/mol. The Labute approximate surface area is 156 Å². The smallest absolute Gasteiger partial charge is 0.407 e. The molecule has 1 aromatic carbocycles. The van der Waals surface area contributed by atoms with Gasteiger partial charge < -0.3 is 19.9 Å². The van der Waals surface area contributed by atoms with E-state index in [1.54, 1.807) is 27.7 Å². The van der Waals surface area contributed by atoms with Crippen LogP contribution in [0, 0.1) is 6.92 Å². The predicted molar refractivity (Wildman–Crippen MR) is 102 cm³/mol. The fourth-order valence-electron chi connectivity index (χ4n) is 2.07. The van der Waals surface area contributed by atoms with Gasteiger partial charge in [0.25, 0.3) is 0 Å². The number of esters is 1. The first-order valence-corrected chi connectivity index (χ1v) is 9.02. The number of ether oxygens (including phenoxy) is 2. The maximum absolute atomic E-state index is 12.0. The normalized spacial score (nSPS) is 12.9. The first kappa shape index (κ1) is 23.9. The molecule has 6 nitrogen and oxygen atoms in total. The molecule has 1 amide bonds. The van der Waals surface area contributed by atoms with Crippen LogP contribution in [-0.4, -0.2) is 41.5 Å². The zero-order valence-corrected chi connectivity index (χ0v) is 17.0. The van der Waals surface area contributed by atoms with Crippen molar-refractivity contribution >= 4 is 12.1 Å². The number of benzene rings is 1. The summed E-state index contributed by atoms with van der Waals surface area (Å²) in [5, 5.41) is 12.8. The van der Waals surface area contributed by atoms with Gasteiger partial charge in [0.2, 0.25) is 0 Å². The van der Waals surface area contributed by atoms with E-state index >= 15 is 0 Å². The van der Waals surface area contributed by atoms with Crippen molar-refractivity contribution in [3.8, 4) is 0 Å². The molecule has 0 aliphatic carbocycles. The molecule has 0 heterocycles. The number of rotatable bonds is 6. The number of nitrogens with one attached hydrogen (secondary N) is 1. The summed E-state index contributed by atoms with van der Waals surface area (Å²) >= 11 is 0. The molecule has 0 aromatic heterocycles. The van der Waals surface area contributed by atoms with Crippen molar-refractivity contribution in [2.24, 2.45) is 0 Å². The third-order valence-electron chi connectivity index (χ3n) is 3.19. The van der Waals surface area contributed by atoms with Gasteiger partial charge in [-0.15, -0.1) is 0 Å². The van der Waals surface area contributed by atoms with Crippen molar-refractivity contribution in [1.82, 2.24) is 5.32 Å².